The highest BCUT2D eigenvalue weighted by Crippen LogP contribution is 2.04. The van der Waals surface area contributed by atoms with Crippen molar-refractivity contribution in [3.05, 3.63) is 69.6 Å². The fourth-order valence-corrected chi connectivity index (χ4v) is 1.88. The standard InChI is InChI=1S/C15H15NO3.ClH/c1-11-4-6-12(7-5-11)8-10-16-9-2-3-13(14(16)17)15(18)19;/h2-7,9H,8,10H2,1H3,(H,18,19);1H. The van der Waals surface area contributed by atoms with Crippen LogP contribution in [0.2, 0.25) is 0 Å². The third-order valence-electron chi connectivity index (χ3n) is 3.01. The minimum atomic E-state index is -1.19. The lowest BCUT2D eigenvalue weighted by atomic mass is 10.1. The van der Waals surface area contributed by atoms with Crippen molar-refractivity contribution in [2.45, 2.75) is 19.9 Å². The second kappa shape index (κ2) is 6.91. The average molecular weight is 294 g/mol. The van der Waals surface area contributed by atoms with Crippen LogP contribution in [0.1, 0.15) is 21.5 Å². The van der Waals surface area contributed by atoms with Crippen LogP contribution in [0, 0.1) is 6.92 Å². The first-order valence-corrected chi connectivity index (χ1v) is 6.06. The molecule has 1 aromatic heterocycles. The number of carboxylic acid groups (broad SMARTS) is 1. The Labute approximate surface area is 123 Å². The van der Waals surface area contributed by atoms with Crippen LogP contribution in [0.25, 0.3) is 0 Å². The zero-order chi connectivity index (χ0) is 13.8. The number of aryl methyl sites for hydroxylation is 3. The maximum absolute atomic E-state index is 11.9. The second-order valence-electron chi connectivity index (χ2n) is 4.46. The van der Waals surface area contributed by atoms with Crippen molar-refractivity contribution in [3.63, 3.8) is 0 Å². The van der Waals surface area contributed by atoms with Gasteiger partial charge in [-0.2, -0.15) is 0 Å². The topological polar surface area (TPSA) is 59.3 Å². The molecule has 0 saturated heterocycles. The third kappa shape index (κ3) is 3.71. The molecule has 0 bridgehead atoms. The molecule has 2 rings (SSSR count). The molecule has 0 radical (unpaired) electrons. The summed E-state index contributed by atoms with van der Waals surface area (Å²) in [6, 6.07) is 11.0. The maximum Gasteiger partial charge on any atom is 0.341 e. The molecule has 0 atom stereocenters. The van der Waals surface area contributed by atoms with E-state index in [4.69, 9.17) is 5.11 Å². The van der Waals surface area contributed by atoms with E-state index in [0.717, 1.165) is 5.56 Å². The molecule has 0 spiro atoms. The maximum atomic E-state index is 11.9. The van der Waals surface area contributed by atoms with Crippen LogP contribution in [-0.2, 0) is 13.0 Å². The Morgan fingerprint density at radius 3 is 2.45 bits per heavy atom. The summed E-state index contributed by atoms with van der Waals surface area (Å²) >= 11 is 0. The van der Waals surface area contributed by atoms with Crippen LogP contribution in [-0.4, -0.2) is 15.6 Å². The summed E-state index contributed by atoms with van der Waals surface area (Å²) in [7, 11) is 0. The molecule has 5 heteroatoms. The van der Waals surface area contributed by atoms with E-state index >= 15 is 0 Å². The quantitative estimate of drug-likeness (QED) is 0.942. The van der Waals surface area contributed by atoms with E-state index in [-0.39, 0.29) is 18.0 Å². The predicted octanol–water partition coefficient (Wildman–Crippen LogP) is 2.52. The van der Waals surface area contributed by atoms with Gasteiger partial charge in [-0.05, 0) is 31.0 Å². The summed E-state index contributed by atoms with van der Waals surface area (Å²) in [6.45, 7) is 2.49. The fourth-order valence-electron chi connectivity index (χ4n) is 1.88. The number of aromatic carboxylic acids is 1. The van der Waals surface area contributed by atoms with Gasteiger partial charge >= 0.3 is 5.97 Å². The van der Waals surface area contributed by atoms with Crippen molar-refractivity contribution in [1.29, 1.82) is 0 Å². The SMILES string of the molecule is Cc1ccc(CCn2cccc(C(=O)O)c2=O)cc1.Cl. The number of carbonyl (C=O) groups is 1. The lowest BCUT2D eigenvalue weighted by Crippen LogP contribution is -2.26. The number of halogens is 1. The molecule has 20 heavy (non-hydrogen) atoms. The van der Waals surface area contributed by atoms with Gasteiger partial charge in [-0.1, -0.05) is 29.8 Å². The van der Waals surface area contributed by atoms with Crippen LogP contribution in [0.3, 0.4) is 0 Å². The van der Waals surface area contributed by atoms with Crippen molar-refractivity contribution in [3.8, 4) is 0 Å². The van der Waals surface area contributed by atoms with Crippen molar-refractivity contribution in [2.75, 3.05) is 0 Å². The molecule has 0 unspecified atom stereocenters. The van der Waals surface area contributed by atoms with E-state index in [0.29, 0.717) is 13.0 Å². The van der Waals surface area contributed by atoms with Crippen LogP contribution in [0.15, 0.2) is 47.4 Å². The number of rotatable bonds is 4. The zero-order valence-electron chi connectivity index (χ0n) is 11.1. The summed E-state index contributed by atoms with van der Waals surface area (Å²) in [5.74, 6) is -1.19. The lowest BCUT2D eigenvalue weighted by molar-refractivity contribution is 0.0694. The molecular weight excluding hydrogens is 278 g/mol. The van der Waals surface area contributed by atoms with Gasteiger partial charge in [-0.15, -0.1) is 12.4 Å². The highest BCUT2D eigenvalue weighted by molar-refractivity contribution is 5.87. The molecule has 0 aliphatic rings. The molecule has 0 aliphatic carbocycles. The molecule has 2 aromatic rings. The molecule has 4 nitrogen and oxygen atoms in total. The summed E-state index contributed by atoms with van der Waals surface area (Å²) in [5, 5.41) is 8.89. The van der Waals surface area contributed by atoms with Crippen LogP contribution < -0.4 is 5.56 Å². The molecule has 1 N–H and O–H groups in total. The van der Waals surface area contributed by atoms with Gasteiger partial charge in [0.15, 0.2) is 0 Å². The Kier molecular flexibility index (Phi) is 5.53. The van der Waals surface area contributed by atoms with E-state index in [9.17, 15) is 9.59 Å². The molecule has 1 aromatic carbocycles. The van der Waals surface area contributed by atoms with E-state index in [1.54, 1.807) is 12.3 Å². The van der Waals surface area contributed by atoms with Gasteiger partial charge in [-0.25, -0.2) is 4.79 Å². The number of hydrogen-bond acceptors (Lipinski definition) is 2. The molecule has 0 saturated carbocycles. The zero-order valence-corrected chi connectivity index (χ0v) is 11.9. The number of nitrogens with zero attached hydrogens (tertiary/aromatic N) is 1. The summed E-state index contributed by atoms with van der Waals surface area (Å²) in [6.07, 6.45) is 2.31. The Hall–Kier alpha value is -2.07. The van der Waals surface area contributed by atoms with Crippen molar-refractivity contribution in [2.24, 2.45) is 0 Å². The van der Waals surface area contributed by atoms with Gasteiger partial charge < -0.3 is 9.67 Å². The first-order chi connectivity index (χ1) is 9.08. The molecule has 0 amide bonds. The number of hydrogen-bond donors (Lipinski definition) is 1. The number of benzene rings is 1. The number of pyridine rings is 1. The van der Waals surface area contributed by atoms with Crippen molar-refractivity contribution < 1.29 is 9.90 Å². The van der Waals surface area contributed by atoms with E-state index < -0.39 is 11.5 Å². The van der Waals surface area contributed by atoms with E-state index in [1.807, 2.05) is 31.2 Å². The van der Waals surface area contributed by atoms with Gasteiger partial charge in [0.1, 0.15) is 5.56 Å². The molecule has 0 fully saturated rings. The third-order valence-corrected chi connectivity index (χ3v) is 3.01. The van der Waals surface area contributed by atoms with Gasteiger partial charge in [0, 0.05) is 12.7 Å². The second-order valence-corrected chi connectivity index (χ2v) is 4.46. The molecule has 1 heterocycles. The predicted molar refractivity (Wildman–Crippen MR) is 79.8 cm³/mol. The first-order valence-electron chi connectivity index (χ1n) is 6.06. The summed E-state index contributed by atoms with van der Waals surface area (Å²) in [5.41, 5.74) is 1.67. The smallest absolute Gasteiger partial charge is 0.341 e. The fraction of sp³-hybridized carbons (Fsp3) is 0.200. The largest absolute Gasteiger partial charge is 0.477 e. The van der Waals surface area contributed by atoms with Crippen LogP contribution in [0.5, 0.6) is 0 Å². The molecule has 0 aliphatic heterocycles. The van der Waals surface area contributed by atoms with Crippen LogP contribution in [0.4, 0.5) is 0 Å². The number of carboxylic acids is 1. The Balaban J connectivity index is 0.00000200. The van der Waals surface area contributed by atoms with Crippen molar-refractivity contribution >= 4 is 18.4 Å². The Morgan fingerprint density at radius 1 is 1.20 bits per heavy atom. The van der Waals surface area contributed by atoms with Gasteiger partial charge in [0.05, 0.1) is 0 Å². The molecular formula is C15H16ClNO3. The highest BCUT2D eigenvalue weighted by atomic mass is 35.5. The van der Waals surface area contributed by atoms with Gasteiger partial charge in [-0.3, -0.25) is 4.79 Å². The van der Waals surface area contributed by atoms with Gasteiger partial charge in [0.25, 0.3) is 5.56 Å². The normalized spacial score (nSPS) is 9.85. The van der Waals surface area contributed by atoms with E-state index in [2.05, 4.69) is 0 Å². The van der Waals surface area contributed by atoms with Gasteiger partial charge in [0.2, 0.25) is 0 Å². The van der Waals surface area contributed by atoms with Crippen LogP contribution >= 0.6 is 12.4 Å². The highest BCUT2D eigenvalue weighted by Gasteiger charge is 2.09. The number of aromatic nitrogens is 1. The Bertz CT molecular complexity index is 647. The first kappa shape index (κ1) is 16.0. The summed E-state index contributed by atoms with van der Waals surface area (Å²) in [4.78, 5) is 22.7. The molecule has 106 valence electrons. The average Bonchev–Trinajstić information content (AvgIpc) is 2.39. The summed E-state index contributed by atoms with van der Waals surface area (Å²) < 4.78 is 1.43. The van der Waals surface area contributed by atoms with E-state index in [1.165, 1.54) is 16.2 Å². The van der Waals surface area contributed by atoms with Crippen molar-refractivity contribution in [1.82, 2.24) is 4.57 Å². The Morgan fingerprint density at radius 2 is 1.85 bits per heavy atom. The minimum Gasteiger partial charge on any atom is -0.477 e. The monoisotopic (exact) mass is 293 g/mol. The minimum absolute atomic E-state index is 0. The lowest BCUT2D eigenvalue weighted by Gasteiger charge is -2.06.